The maximum absolute atomic E-state index is 9.21. The first-order valence-electron chi connectivity index (χ1n) is 5.19. The lowest BCUT2D eigenvalue weighted by Gasteiger charge is -2.11. The summed E-state index contributed by atoms with van der Waals surface area (Å²) in [5.74, 6) is 0.868. The molecule has 1 unspecified atom stereocenters. The molecule has 3 nitrogen and oxygen atoms in total. The molecule has 0 saturated heterocycles. The zero-order valence-electron chi connectivity index (χ0n) is 9.27. The summed E-state index contributed by atoms with van der Waals surface area (Å²) in [5, 5.41) is 9.21. The van der Waals surface area contributed by atoms with Gasteiger partial charge in [-0.25, -0.2) is 0 Å². The van der Waals surface area contributed by atoms with Crippen molar-refractivity contribution in [1.29, 1.82) is 0 Å². The largest absolute Gasteiger partial charge is 0.496 e. The minimum absolute atomic E-state index is 0.509. The van der Waals surface area contributed by atoms with Crippen LogP contribution in [-0.2, 0) is 11.2 Å². The Labute approximate surface area is 90.6 Å². The molecule has 1 rings (SSSR count). The summed E-state index contributed by atoms with van der Waals surface area (Å²) in [6, 6.07) is 7.82. The van der Waals surface area contributed by atoms with Crippen molar-refractivity contribution < 1.29 is 14.6 Å². The first kappa shape index (κ1) is 12.0. The van der Waals surface area contributed by atoms with Gasteiger partial charge in [0.15, 0.2) is 6.29 Å². The average molecular weight is 210 g/mol. The standard InChI is InChI=1S/C12H18O3/c1-3-12(13)15-9-8-10-6-4-5-7-11(10)14-2/h4-7,12-13H,3,8-9H2,1-2H3. The Morgan fingerprint density at radius 3 is 2.73 bits per heavy atom. The molecule has 0 aromatic heterocycles. The molecule has 84 valence electrons. The average Bonchev–Trinajstić information content (AvgIpc) is 2.29. The predicted molar refractivity (Wildman–Crippen MR) is 58.9 cm³/mol. The Morgan fingerprint density at radius 1 is 1.33 bits per heavy atom. The van der Waals surface area contributed by atoms with Gasteiger partial charge in [0.25, 0.3) is 0 Å². The van der Waals surface area contributed by atoms with Crippen molar-refractivity contribution in [2.45, 2.75) is 26.1 Å². The number of hydrogen-bond acceptors (Lipinski definition) is 3. The van der Waals surface area contributed by atoms with Gasteiger partial charge in [-0.1, -0.05) is 25.1 Å². The molecule has 0 aliphatic heterocycles. The second-order valence-electron chi connectivity index (χ2n) is 3.30. The Hall–Kier alpha value is -1.06. The molecule has 1 N–H and O–H groups in total. The SMILES string of the molecule is CCC(O)OCCc1ccccc1OC. The third-order valence-electron chi connectivity index (χ3n) is 2.22. The Kier molecular flexibility index (Phi) is 5.15. The molecule has 0 fully saturated rings. The van der Waals surface area contributed by atoms with Crippen LogP contribution in [0.2, 0.25) is 0 Å². The van der Waals surface area contributed by atoms with E-state index in [0.717, 1.165) is 17.7 Å². The second-order valence-corrected chi connectivity index (χ2v) is 3.30. The number of para-hydroxylation sites is 1. The normalized spacial score (nSPS) is 12.5. The monoisotopic (exact) mass is 210 g/mol. The van der Waals surface area contributed by atoms with Gasteiger partial charge in [0.2, 0.25) is 0 Å². The highest BCUT2D eigenvalue weighted by Crippen LogP contribution is 2.17. The van der Waals surface area contributed by atoms with E-state index in [1.165, 1.54) is 0 Å². The van der Waals surface area contributed by atoms with Crippen LogP contribution in [-0.4, -0.2) is 25.1 Å². The maximum Gasteiger partial charge on any atom is 0.154 e. The van der Waals surface area contributed by atoms with Crippen LogP contribution in [0.25, 0.3) is 0 Å². The summed E-state index contributed by atoms with van der Waals surface area (Å²) in [4.78, 5) is 0. The number of methoxy groups -OCH3 is 1. The number of benzene rings is 1. The second kappa shape index (κ2) is 6.43. The van der Waals surface area contributed by atoms with Crippen LogP contribution in [0, 0.1) is 0 Å². The van der Waals surface area contributed by atoms with Crippen molar-refractivity contribution in [1.82, 2.24) is 0 Å². The van der Waals surface area contributed by atoms with Crippen molar-refractivity contribution in [3.63, 3.8) is 0 Å². The fourth-order valence-electron chi connectivity index (χ4n) is 1.33. The highest BCUT2D eigenvalue weighted by Gasteiger charge is 2.03. The fourth-order valence-corrected chi connectivity index (χ4v) is 1.33. The number of hydrogen-bond donors (Lipinski definition) is 1. The van der Waals surface area contributed by atoms with Crippen molar-refractivity contribution in [2.24, 2.45) is 0 Å². The number of aliphatic hydroxyl groups excluding tert-OH is 1. The van der Waals surface area contributed by atoms with E-state index in [-0.39, 0.29) is 0 Å². The summed E-state index contributed by atoms with van der Waals surface area (Å²) in [7, 11) is 1.65. The van der Waals surface area contributed by atoms with Crippen LogP contribution in [0.5, 0.6) is 5.75 Å². The predicted octanol–water partition coefficient (Wildman–Crippen LogP) is 1.98. The van der Waals surface area contributed by atoms with Gasteiger partial charge < -0.3 is 14.6 Å². The molecule has 0 heterocycles. The topological polar surface area (TPSA) is 38.7 Å². The van der Waals surface area contributed by atoms with Gasteiger partial charge in [0.05, 0.1) is 13.7 Å². The Bertz CT molecular complexity index is 286. The lowest BCUT2D eigenvalue weighted by molar-refractivity contribution is -0.0989. The van der Waals surface area contributed by atoms with E-state index in [1.807, 2.05) is 31.2 Å². The van der Waals surface area contributed by atoms with Gasteiger partial charge >= 0.3 is 0 Å². The highest BCUT2D eigenvalue weighted by atomic mass is 16.6. The molecule has 0 spiro atoms. The molecule has 0 bridgehead atoms. The van der Waals surface area contributed by atoms with E-state index in [4.69, 9.17) is 9.47 Å². The molecular weight excluding hydrogens is 192 g/mol. The van der Waals surface area contributed by atoms with E-state index in [2.05, 4.69) is 0 Å². The molecule has 0 aliphatic rings. The number of aliphatic hydroxyl groups is 1. The summed E-state index contributed by atoms with van der Waals surface area (Å²) in [6.45, 7) is 2.39. The van der Waals surface area contributed by atoms with Gasteiger partial charge in [-0.2, -0.15) is 0 Å². The smallest absolute Gasteiger partial charge is 0.154 e. The summed E-state index contributed by atoms with van der Waals surface area (Å²) >= 11 is 0. The minimum atomic E-state index is -0.653. The van der Waals surface area contributed by atoms with E-state index < -0.39 is 6.29 Å². The summed E-state index contributed by atoms with van der Waals surface area (Å²) in [5.41, 5.74) is 1.10. The number of ether oxygens (including phenoxy) is 2. The maximum atomic E-state index is 9.21. The fraction of sp³-hybridized carbons (Fsp3) is 0.500. The van der Waals surface area contributed by atoms with E-state index in [9.17, 15) is 5.11 Å². The molecule has 0 saturated carbocycles. The van der Waals surface area contributed by atoms with Gasteiger partial charge in [-0.15, -0.1) is 0 Å². The first-order valence-corrected chi connectivity index (χ1v) is 5.19. The molecule has 0 radical (unpaired) electrons. The summed E-state index contributed by atoms with van der Waals surface area (Å²) in [6.07, 6.45) is 0.715. The van der Waals surface area contributed by atoms with E-state index >= 15 is 0 Å². The summed E-state index contributed by atoms with van der Waals surface area (Å²) < 4.78 is 10.4. The Morgan fingerprint density at radius 2 is 2.07 bits per heavy atom. The van der Waals surface area contributed by atoms with Crippen LogP contribution in [0.4, 0.5) is 0 Å². The molecule has 1 aromatic rings. The van der Waals surface area contributed by atoms with Crippen molar-refractivity contribution in [3.05, 3.63) is 29.8 Å². The molecule has 1 atom stereocenters. The molecule has 0 amide bonds. The van der Waals surface area contributed by atoms with Crippen LogP contribution >= 0.6 is 0 Å². The minimum Gasteiger partial charge on any atom is -0.496 e. The quantitative estimate of drug-likeness (QED) is 0.730. The lowest BCUT2D eigenvalue weighted by Crippen LogP contribution is -2.12. The molecular formula is C12H18O3. The molecule has 3 heteroatoms. The zero-order valence-corrected chi connectivity index (χ0v) is 9.27. The highest BCUT2D eigenvalue weighted by molar-refractivity contribution is 5.33. The first-order chi connectivity index (χ1) is 7.27. The van der Waals surface area contributed by atoms with Crippen LogP contribution < -0.4 is 4.74 Å². The third kappa shape index (κ3) is 3.90. The van der Waals surface area contributed by atoms with Crippen LogP contribution in [0.3, 0.4) is 0 Å². The third-order valence-corrected chi connectivity index (χ3v) is 2.22. The molecule has 15 heavy (non-hydrogen) atoms. The van der Waals surface area contributed by atoms with Crippen LogP contribution in [0.15, 0.2) is 24.3 Å². The van der Waals surface area contributed by atoms with Gasteiger partial charge in [0.1, 0.15) is 5.75 Å². The number of rotatable bonds is 6. The zero-order chi connectivity index (χ0) is 11.1. The van der Waals surface area contributed by atoms with Crippen molar-refractivity contribution in [2.75, 3.05) is 13.7 Å². The Balaban J connectivity index is 2.43. The van der Waals surface area contributed by atoms with Gasteiger partial charge in [0, 0.05) is 0 Å². The molecule has 1 aromatic carbocycles. The van der Waals surface area contributed by atoms with E-state index in [1.54, 1.807) is 7.11 Å². The van der Waals surface area contributed by atoms with Crippen molar-refractivity contribution >= 4 is 0 Å². The lowest BCUT2D eigenvalue weighted by atomic mass is 10.1. The van der Waals surface area contributed by atoms with Crippen molar-refractivity contribution in [3.8, 4) is 5.75 Å². The van der Waals surface area contributed by atoms with E-state index in [0.29, 0.717) is 13.0 Å². The van der Waals surface area contributed by atoms with Gasteiger partial charge in [-0.05, 0) is 24.5 Å². The van der Waals surface area contributed by atoms with Gasteiger partial charge in [-0.3, -0.25) is 0 Å². The molecule has 0 aliphatic carbocycles. The van der Waals surface area contributed by atoms with Crippen LogP contribution in [0.1, 0.15) is 18.9 Å².